The van der Waals surface area contributed by atoms with Gasteiger partial charge in [0.15, 0.2) is 0 Å². The Morgan fingerprint density at radius 2 is 2.12 bits per heavy atom. The summed E-state index contributed by atoms with van der Waals surface area (Å²) in [7, 11) is 1.89. The molecule has 4 heteroatoms. The minimum absolute atomic E-state index is 0.102. The monoisotopic (exact) mass is 292 g/mol. The number of anilines is 1. The number of nitrogens with one attached hydrogen (secondary N) is 1. The van der Waals surface area contributed by atoms with Gasteiger partial charge < -0.3 is 9.88 Å². The standard InChI is InChI=1S/C13H13BrN2O/c1-9-3-4-12(11(14)7-9)15-13(17)10-5-6-16(2)8-10/h3-8H,1-2H3,(H,15,17). The van der Waals surface area contributed by atoms with Crippen molar-refractivity contribution >= 4 is 27.5 Å². The third kappa shape index (κ3) is 2.77. The quantitative estimate of drug-likeness (QED) is 0.905. The Balaban J connectivity index is 2.18. The molecule has 0 unspecified atom stereocenters. The molecule has 0 aliphatic rings. The van der Waals surface area contributed by atoms with Gasteiger partial charge in [0, 0.05) is 23.9 Å². The van der Waals surface area contributed by atoms with Gasteiger partial charge in [-0.3, -0.25) is 4.79 Å². The summed E-state index contributed by atoms with van der Waals surface area (Å²) in [5, 5.41) is 2.87. The van der Waals surface area contributed by atoms with Gasteiger partial charge in [-0.2, -0.15) is 0 Å². The molecule has 1 aromatic carbocycles. The van der Waals surface area contributed by atoms with Gasteiger partial charge in [-0.05, 0) is 46.6 Å². The average molecular weight is 293 g/mol. The lowest BCUT2D eigenvalue weighted by atomic mass is 10.2. The first kappa shape index (κ1) is 11.9. The predicted octanol–water partition coefficient (Wildman–Crippen LogP) is 3.35. The highest BCUT2D eigenvalue weighted by Crippen LogP contribution is 2.23. The third-order valence-electron chi connectivity index (χ3n) is 2.47. The van der Waals surface area contributed by atoms with Crippen molar-refractivity contribution in [2.24, 2.45) is 7.05 Å². The Kier molecular flexibility index (Phi) is 3.33. The molecule has 0 saturated carbocycles. The summed E-state index contributed by atoms with van der Waals surface area (Å²) in [6.45, 7) is 2.01. The van der Waals surface area contributed by atoms with E-state index in [0.717, 1.165) is 15.7 Å². The molecule has 0 aliphatic carbocycles. The molecule has 2 rings (SSSR count). The van der Waals surface area contributed by atoms with Crippen LogP contribution in [0.2, 0.25) is 0 Å². The Bertz CT molecular complexity index is 560. The average Bonchev–Trinajstić information content (AvgIpc) is 2.69. The largest absolute Gasteiger partial charge is 0.356 e. The number of aromatic nitrogens is 1. The van der Waals surface area contributed by atoms with Crippen LogP contribution in [0, 0.1) is 6.92 Å². The SMILES string of the molecule is Cc1ccc(NC(=O)c2ccn(C)c2)c(Br)c1. The van der Waals surface area contributed by atoms with Crippen molar-refractivity contribution in [1.29, 1.82) is 0 Å². The van der Waals surface area contributed by atoms with Gasteiger partial charge in [-0.1, -0.05) is 6.07 Å². The topological polar surface area (TPSA) is 34.0 Å². The number of aryl methyl sites for hydroxylation is 2. The first-order valence-electron chi connectivity index (χ1n) is 5.26. The lowest BCUT2D eigenvalue weighted by molar-refractivity contribution is 0.102. The van der Waals surface area contributed by atoms with E-state index < -0.39 is 0 Å². The van der Waals surface area contributed by atoms with Crippen molar-refractivity contribution in [3.8, 4) is 0 Å². The fraction of sp³-hybridized carbons (Fsp3) is 0.154. The predicted molar refractivity (Wildman–Crippen MR) is 72.2 cm³/mol. The number of hydrogen-bond donors (Lipinski definition) is 1. The van der Waals surface area contributed by atoms with Gasteiger partial charge in [-0.15, -0.1) is 0 Å². The van der Waals surface area contributed by atoms with Crippen molar-refractivity contribution in [1.82, 2.24) is 4.57 Å². The second-order valence-electron chi connectivity index (χ2n) is 4.00. The van der Waals surface area contributed by atoms with Crippen molar-refractivity contribution in [3.63, 3.8) is 0 Å². The van der Waals surface area contributed by atoms with Crippen molar-refractivity contribution < 1.29 is 4.79 Å². The summed E-state index contributed by atoms with van der Waals surface area (Å²) in [5.41, 5.74) is 2.58. The van der Waals surface area contributed by atoms with Crippen molar-refractivity contribution in [2.75, 3.05) is 5.32 Å². The highest BCUT2D eigenvalue weighted by atomic mass is 79.9. The molecule has 0 aliphatic heterocycles. The third-order valence-corrected chi connectivity index (χ3v) is 3.12. The minimum Gasteiger partial charge on any atom is -0.356 e. The van der Waals surface area contributed by atoms with Crippen molar-refractivity contribution in [2.45, 2.75) is 6.92 Å². The van der Waals surface area contributed by atoms with Gasteiger partial charge in [0.25, 0.3) is 5.91 Å². The van der Waals surface area contributed by atoms with Gasteiger partial charge in [0.05, 0.1) is 11.3 Å². The van der Waals surface area contributed by atoms with E-state index in [1.54, 1.807) is 12.3 Å². The Hall–Kier alpha value is -1.55. The normalized spacial score (nSPS) is 10.3. The maximum atomic E-state index is 11.9. The van der Waals surface area contributed by atoms with E-state index in [4.69, 9.17) is 0 Å². The first-order chi connectivity index (χ1) is 8.06. The van der Waals surface area contributed by atoms with Crippen molar-refractivity contribution in [3.05, 3.63) is 52.3 Å². The van der Waals surface area contributed by atoms with E-state index in [1.165, 1.54) is 0 Å². The number of benzene rings is 1. The van der Waals surface area contributed by atoms with E-state index in [9.17, 15) is 4.79 Å². The molecule has 1 aromatic heterocycles. The molecule has 3 nitrogen and oxygen atoms in total. The van der Waals surface area contributed by atoms with Crippen LogP contribution in [0.15, 0.2) is 41.1 Å². The lowest BCUT2D eigenvalue weighted by Crippen LogP contribution is -2.11. The maximum absolute atomic E-state index is 11.9. The molecule has 1 heterocycles. The number of amides is 1. The number of nitrogens with zero attached hydrogens (tertiary/aromatic N) is 1. The van der Waals surface area contributed by atoms with Gasteiger partial charge in [0.2, 0.25) is 0 Å². The molecular formula is C13H13BrN2O. The Morgan fingerprint density at radius 3 is 2.71 bits per heavy atom. The van der Waals surface area contributed by atoms with Crippen LogP contribution in [-0.2, 0) is 7.05 Å². The number of carbonyl (C=O) groups excluding carboxylic acids is 1. The molecule has 0 saturated heterocycles. The summed E-state index contributed by atoms with van der Waals surface area (Å²) >= 11 is 3.43. The molecule has 0 fully saturated rings. The van der Waals surface area contributed by atoms with Crippen LogP contribution in [0.1, 0.15) is 15.9 Å². The van der Waals surface area contributed by atoms with Crippen LogP contribution in [0.3, 0.4) is 0 Å². The molecule has 17 heavy (non-hydrogen) atoms. The smallest absolute Gasteiger partial charge is 0.257 e. The van der Waals surface area contributed by atoms with Gasteiger partial charge >= 0.3 is 0 Å². The van der Waals surface area contributed by atoms with Crippen LogP contribution in [0.5, 0.6) is 0 Å². The fourth-order valence-corrected chi connectivity index (χ4v) is 2.15. The Morgan fingerprint density at radius 1 is 1.35 bits per heavy atom. The zero-order chi connectivity index (χ0) is 12.4. The maximum Gasteiger partial charge on any atom is 0.257 e. The van der Waals surface area contributed by atoms with Gasteiger partial charge in [-0.25, -0.2) is 0 Å². The second-order valence-corrected chi connectivity index (χ2v) is 4.86. The summed E-state index contributed by atoms with van der Waals surface area (Å²) in [6.07, 6.45) is 3.64. The van der Waals surface area contributed by atoms with E-state index in [1.807, 2.05) is 42.9 Å². The number of carbonyl (C=O) groups is 1. The Labute approximate surface area is 109 Å². The van der Waals surface area contributed by atoms with E-state index in [-0.39, 0.29) is 5.91 Å². The summed E-state index contributed by atoms with van der Waals surface area (Å²) in [5.74, 6) is -0.102. The lowest BCUT2D eigenvalue weighted by Gasteiger charge is -2.07. The highest BCUT2D eigenvalue weighted by molar-refractivity contribution is 9.10. The summed E-state index contributed by atoms with van der Waals surface area (Å²) < 4.78 is 2.74. The zero-order valence-corrected chi connectivity index (χ0v) is 11.3. The molecule has 1 amide bonds. The molecule has 0 atom stereocenters. The molecule has 88 valence electrons. The molecule has 2 aromatic rings. The van der Waals surface area contributed by atoms with Gasteiger partial charge in [0.1, 0.15) is 0 Å². The van der Waals surface area contributed by atoms with Crippen LogP contribution in [0.25, 0.3) is 0 Å². The summed E-state index contributed by atoms with van der Waals surface area (Å²) in [6, 6.07) is 7.61. The molecule has 0 spiro atoms. The highest BCUT2D eigenvalue weighted by Gasteiger charge is 2.08. The van der Waals surface area contributed by atoms with Crippen LogP contribution >= 0.6 is 15.9 Å². The van der Waals surface area contributed by atoms with E-state index in [2.05, 4.69) is 21.2 Å². The van der Waals surface area contributed by atoms with Crippen LogP contribution < -0.4 is 5.32 Å². The van der Waals surface area contributed by atoms with Crippen LogP contribution in [-0.4, -0.2) is 10.5 Å². The van der Waals surface area contributed by atoms with Crippen LogP contribution in [0.4, 0.5) is 5.69 Å². The molecule has 1 N–H and O–H groups in total. The molecule has 0 radical (unpaired) electrons. The first-order valence-corrected chi connectivity index (χ1v) is 6.05. The second kappa shape index (κ2) is 4.75. The fourth-order valence-electron chi connectivity index (χ4n) is 1.55. The zero-order valence-electron chi connectivity index (χ0n) is 9.70. The minimum atomic E-state index is -0.102. The molecular weight excluding hydrogens is 280 g/mol. The number of hydrogen-bond acceptors (Lipinski definition) is 1. The molecule has 0 bridgehead atoms. The number of halogens is 1. The summed E-state index contributed by atoms with van der Waals surface area (Å²) in [4.78, 5) is 11.9. The van der Waals surface area contributed by atoms with E-state index >= 15 is 0 Å². The van der Waals surface area contributed by atoms with E-state index in [0.29, 0.717) is 5.56 Å². The number of rotatable bonds is 2.